The molecule has 0 spiro atoms. The number of carbonyl (C=O) groups is 1. The van der Waals surface area contributed by atoms with Gasteiger partial charge in [0.2, 0.25) is 0 Å². The van der Waals surface area contributed by atoms with Gasteiger partial charge < -0.3 is 10.2 Å². The lowest BCUT2D eigenvalue weighted by Crippen LogP contribution is -2.29. The Morgan fingerprint density at radius 2 is 1.88 bits per heavy atom. The van der Waals surface area contributed by atoms with Crippen molar-refractivity contribution in [1.29, 1.82) is 0 Å². The van der Waals surface area contributed by atoms with Gasteiger partial charge in [0.1, 0.15) is 5.60 Å². The molecular weight excluding hydrogens is 460 g/mol. The predicted molar refractivity (Wildman–Crippen MR) is 129 cm³/mol. The van der Waals surface area contributed by atoms with E-state index in [1.165, 1.54) is 11.3 Å². The maximum absolute atomic E-state index is 13.3. The van der Waals surface area contributed by atoms with Crippen LogP contribution in [-0.4, -0.2) is 41.4 Å². The molecule has 178 valence electrons. The summed E-state index contributed by atoms with van der Waals surface area (Å²) in [6.45, 7) is 1.30. The number of allylic oxidation sites excluding steroid dienone is 1. The number of benzene rings is 1. The van der Waals surface area contributed by atoms with Gasteiger partial charge in [-0.1, -0.05) is 38.0 Å². The van der Waals surface area contributed by atoms with Crippen molar-refractivity contribution in [3.8, 4) is 0 Å². The number of thiazole rings is 1. The molecule has 0 aliphatic heterocycles. The standard InChI is InChI=1S/C24H30N2O5S2/c1-2-24(29,15-27)21-14-32-23(25-21)26-22(28)20(13-16-5-3-4-6-16)17-7-9-18(10-8-17)33(30,31)19-11-12-19/h7-10,13-14,16,19,27,29H,2-6,11-12,15H2,1H3,(H,25,26,28). The van der Waals surface area contributed by atoms with E-state index in [1.54, 1.807) is 36.6 Å². The van der Waals surface area contributed by atoms with Crippen LogP contribution in [0.1, 0.15) is 63.1 Å². The number of aliphatic hydroxyl groups is 2. The molecule has 2 fully saturated rings. The number of hydrogen-bond acceptors (Lipinski definition) is 7. The maximum atomic E-state index is 13.3. The number of aromatic nitrogens is 1. The van der Waals surface area contributed by atoms with Crippen LogP contribution in [0.2, 0.25) is 0 Å². The van der Waals surface area contributed by atoms with Crippen LogP contribution < -0.4 is 5.32 Å². The monoisotopic (exact) mass is 490 g/mol. The summed E-state index contributed by atoms with van der Waals surface area (Å²) in [6, 6.07) is 6.57. The van der Waals surface area contributed by atoms with Crippen LogP contribution >= 0.6 is 11.3 Å². The molecule has 9 heteroatoms. The van der Waals surface area contributed by atoms with E-state index in [4.69, 9.17) is 0 Å². The van der Waals surface area contributed by atoms with E-state index in [1.807, 2.05) is 6.08 Å². The molecule has 1 amide bonds. The first-order valence-electron chi connectivity index (χ1n) is 11.4. The summed E-state index contributed by atoms with van der Waals surface area (Å²) in [4.78, 5) is 17.9. The molecule has 0 radical (unpaired) electrons. The van der Waals surface area contributed by atoms with E-state index >= 15 is 0 Å². The van der Waals surface area contributed by atoms with Crippen LogP contribution in [0.15, 0.2) is 40.6 Å². The largest absolute Gasteiger partial charge is 0.393 e. The Labute approximate surface area is 198 Å². The molecule has 4 rings (SSSR count). The quantitative estimate of drug-likeness (QED) is 0.459. The van der Waals surface area contributed by atoms with E-state index in [0.29, 0.717) is 52.0 Å². The third kappa shape index (κ3) is 5.21. The van der Waals surface area contributed by atoms with Crippen molar-refractivity contribution < 1.29 is 23.4 Å². The number of sulfone groups is 1. The summed E-state index contributed by atoms with van der Waals surface area (Å²) in [5, 5.41) is 24.5. The molecule has 1 unspecified atom stereocenters. The molecule has 1 aromatic carbocycles. The van der Waals surface area contributed by atoms with Gasteiger partial charge in [0.15, 0.2) is 15.0 Å². The lowest BCUT2D eigenvalue weighted by Gasteiger charge is -2.21. The van der Waals surface area contributed by atoms with Crippen molar-refractivity contribution in [2.75, 3.05) is 11.9 Å². The Kier molecular flexibility index (Phi) is 7.04. The number of anilines is 1. The number of rotatable bonds is 9. The van der Waals surface area contributed by atoms with Crippen LogP contribution in [-0.2, 0) is 20.2 Å². The molecule has 2 aliphatic carbocycles. The molecule has 2 saturated carbocycles. The molecule has 1 aromatic heterocycles. The van der Waals surface area contributed by atoms with Gasteiger partial charge in [-0.05, 0) is 55.7 Å². The normalized spacial score (nSPS) is 19.4. The SMILES string of the molecule is CCC(O)(CO)c1csc(NC(=O)C(=CC2CCCC2)c2ccc(S(=O)(=O)C3CC3)cc2)n1. The Morgan fingerprint density at radius 1 is 1.21 bits per heavy atom. The molecule has 0 bridgehead atoms. The Balaban J connectivity index is 1.59. The molecule has 3 N–H and O–H groups in total. The summed E-state index contributed by atoms with van der Waals surface area (Å²) in [6.07, 6.45) is 7.99. The molecule has 0 saturated heterocycles. The van der Waals surface area contributed by atoms with Crippen molar-refractivity contribution in [2.24, 2.45) is 5.92 Å². The topological polar surface area (TPSA) is 117 Å². The second-order valence-corrected chi connectivity index (χ2v) is 12.0. The van der Waals surface area contributed by atoms with Crippen LogP contribution in [0, 0.1) is 5.92 Å². The van der Waals surface area contributed by atoms with Crippen LogP contribution in [0.4, 0.5) is 5.13 Å². The predicted octanol–water partition coefficient (Wildman–Crippen LogP) is 3.88. The minimum absolute atomic E-state index is 0.278. The first kappa shape index (κ1) is 24.1. The van der Waals surface area contributed by atoms with E-state index in [-0.39, 0.29) is 11.2 Å². The van der Waals surface area contributed by atoms with Gasteiger partial charge in [0, 0.05) is 11.0 Å². The number of nitrogens with one attached hydrogen (secondary N) is 1. The summed E-state index contributed by atoms with van der Waals surface area (Å²) in [5.74, 6) is -0.0308. The van der Waals surface area contributed by atoms with Crippen LogP contribution in [0.25, 0.3) is 5.57 Å². The van der Waals surface area contributed by atoms with Gasteiger partial charge in [0.05, 0.1) is 22.4 Å². The van der Waals surface area contributed by atoms with Gasteiger partial charge in [-0.2, -0.15) is 0 Å². The number of amides is 1. The van der Waals surface area contributed by atoms with Gasteiger partial charge in [-0.25, -0.2) is 13.4 Å². The number of hydrogen-bond donors (Lipinski definition) is 3. The zero-order valence-electron chi connectivity index (χ0n) is 18.7. The smallest absolute Gasteiger partial charge is 0.257 e. The van der Waals surface area contributed by atoms with E-state index < -0.39 is 22.0 Å². The van der Waals surface area contributed by atoms with Gasteiger partial charge in [0.25, 0.3) is 5.91 Å². The van der Waals surface area contributed by atoms with Gasteiger partial charge >= 0.3 is 0 Å². The van der Waals surface area contributed by atoms with Gasteiger partial charge in [-0.3, -0.25) is 10.1 Å². The summed E-state index contributed by atoms with van der Waals surface area (Å²) < 4.78 is 25.0. The highest BCUT2D eigenvalue weighted by molar-refractivity contribution is 7.92. The van der Waals surface area contributed by atoms with Crippen molar-refractivity contribution in [3.63, 3.8) is 0 Å². The van der Waals surface area contributed by atoms with Crippen LogP contribution in [0.5, 0.6) is 0 Å². The Morgan fingerprint density at radius 3 is 2.45 bits per heavy atom. The highest BCUT2D eigenvalue weighted by Crippen LogP contribution is 2.35. The minimum Gasteiger partial charge on any atom is -0.393 e. The molecule has 33 heavy (non-hydrogen) atoms. The average Bonchev–Trinajstić information content (AvgIpc) is 3.38. The van der Waals surface area contributed by atoms with Crippen molar-refractivity contribution in [2.45, 2.75) is 67.6 Å². The Bertz CT molecular complexity index is 1120. The van der Waals surface area contributed by atoms with Crippen molar-refractivity contribution in [1.82, 2.24) is 4.98 Å². The summed E-state index contributed by atoms with van der Waals surface area (Å²) >= 11 is 1.19. The highest BCUT2D eigenvalue weighted by Gasteiger charge is 2.37. The second-order valence-electron chi connectivity index (χ2n) is 8.93. The molecule has 2 aliphatic rings. The fraction of sp³-hybridized carbons (Fsp3) is 0.500. The average molecular weight is 491 g/mol. The fourth-order valence-electron chi connectivity index (χ4n) is 4.14. The molecule has 2 aromatic rings. The second kappa shape index (κ2) is 9.66. The minimum atomic E-state index is -3.29. The third-order valence-corrected chi connectivity index (χ3v) is 9.59. The molecule has 1 heterocycles. The lowest BCUT2D eigenvalue weighted by atomic mass is 9.98. The fourth-order valence-corrected chi connectivity index (χ4v) is 6.60. The van der Waals surface area contributed by atoms with Gasteiger partial charge in [-0.15, -0.1) is 11.3 Å². The number of carbonyl (C=O) groups excluding carboxylic acids is 1. The molecular formula is C24H30N2O5S2. The summed E-state index contributed by atoms with van der Waals surface area (Å²) in [7, 11) is -3.29. The van der Waals surface area contributed by atoms with E-state index in [0.717, 1.165) is 25.7 Å². The number of nitrogens with zero attached hydrogens (tertiary/aromatic N) is 1. The van der Waals surface area contributed by atoms with Crippen molar-refractivity contribution >= 4 is 37.8 Å². The maximum Gasteiger partial charge on any atom is 0.257 e. The highest BCUT2D eigenvalue weighted by atomic mass is 32.2. The van der Waals surface area contributed by atoms with E-state index in [9.17, 15) is 23.4 Å². The Hall–Kier alpha value is -2.07. The molecule has 1 atom stereocenters. The molecule has 7 nitrogen and oxygen atoms in total. The van der Waals surface area contributed by atoms with Crippen molar-refractivity contribution in [3.05, 3.63) is 47.0 Å². The first-order valence-corrected chi connectivity index (χ1v) is 13.9. The van der Waals surface area contributed by atoms with Crippen LogP contribution in [0.3, 0.4) is 0 Å². The summed E-state index contributed by atoms with van der Waals surface area (Å²) in [5.41, 5.74) is 0.0299. The van der Waals surface area contributed by atoms with E-state index in [2.05, 4.69) is 10.3 Å². The third-order valence-electron chi connectivity index (χ3n) is 6.55. The lowest BCUT2D eigenvalue weighted by molar-refractivity contribution is -0.111. The first-order chi connectivity index (χ1) is 15.8. The zero-order chi connectivity index (χ0) is 23.6. The number of aliphatic hydroxyl groups excluding tert-OH is 1. The zero-order valence-corrected chi connectivity index (χ0v) is 20.3.